The lowest BCUT2D eigenvalue weighted by Crippen LogP contribution is -2.33. The van der Waals surface area contributed by atoms with Gasteiger partial charge in [-0.15, -0.1) is 11.3 Å². The minimum atomic E-state index is -0.336. The van der Waals surface area contributed by atoms with Gasteiger partial charge in [-0.25, -0.2) is 14.2 Å². The number of thiazole rings is 1. The summed E-state index contributed by atoms with van der Waals surface area (Å²) in [4.78, 5) is 32.1. The minimum absolute atomic E-state index is 0.0668. The van der Waals surface area contributed by atoms with E-state index >= 15 is 0 Å². The summed E-state index contributed by atoms with van der Waals surface area (Å²) in [6.45, 7) is 1.16. The van der Waals surface area contributed by atoms with Crippen LogP contribution in [0.4, 0.5) is 25.7 Å². The Morgan fingerprint density at radius 3 is 2.87 bits per heavy atom. The molecule has 7 nitrogen and oxygen atoms in total. The lowest BCUT2D eigenvalue weighted by molar-refractivity contribution is -0.115. The number of hydrogen-bond acceptors (Lipinski definition) is 5. The molecule has 9 heteroatoms. The van der Waals surface area contributed by atoms with Crippen LogP contribution in [0.25, 0.3) is 0 Å². The first-order chi connectivity index (χ1) is 14.5. The van der Waals surface area contributed by atoms with Crippen molar-refractivity contribution < 1.29 is 14.0 Å². The van der Waals surface area contributed by atoms with E-state index in [4.69, 9.17) is 0 Å². The van der Waals surface area contributed by atoms with Gasteiger partial charge in [0.1, 0.15) is 5.82 Å². The molecule has 3 amide bonds. The molecule has 1 aromatic heterocycles. The SMILES string of the molecule is CN(c1ccc(NC(=O)Cc2csc(N3CCNC3=O)n2)cc1F)C1CCCCC1. The Morgan fingerprint density at radius 1 is 1.37 bits per heavy atom. The smallest absolute Gasteiger partial charge is 0.323 e. The maximum absolute atomic E-state index is 14.7. The van der Waals surface area contributed by atoms with Crippen molar-refractivity contribution in [3.63, 3.8) is 0 Å². The number of hydrogen-bond donors (Lipinski definition) is 2. The molecule has 2 aromatic rings. The summed E-state index contributed by atoms with van der Waals surface area (Å²) < 4.78 is 14.7. The van der Waals surface area contributed by atoms with Gasteiger partial charge in [-0.1, -0.05) is 19.3 Å². The summed E-state index contributed by atoms with van der Waals surface area (Å²) in [7, 11) is 1.94. The van der Waals surface area contributed by atoms with Crippen molar-refractivity contribution in [2.24, 2.45) is 0 Å². The van der Waals surface area contributed by atoms with E-state index in [2.05, 4.69) is 15.6 Å². The molecule has 4 rings (SSSR count). The molecular formula is C21H26FN5O2S. The van der Waals surface area contributed by atoms with Gasteiger partial charge in [-0.05, 0) is 31.0 Å². The van der Waals surface area contributed by atoms with Gasteiger partial charge in [0.2, 0.25) is 5.91 Å². The molecule has 30 heavy (non-hydrogen) atoms. The number of halogens is 1. The summed E-state index contributed by atoms with van der Waals surface area (Å²) in [6.07, 6.45) is 5.87. The molecule has 0 radical (unpaired) electrons. The monoisotopic (exact) mass is 431 g/mol. The average Bonchev–Trinajstić information content (AvgIpc) is 3.36. The van der Waals surface area contributed by atoms with Crippen molar-refractivity contribution in [1.82, 2.24) is 10.3 Å². The number of carbonyl (C=O) groups is 2. The van der Waals surface area contributed by atoms with E-state index in [1.54, 1.807) is 22.4 Å². The highest BCUT2D eigenvalue weighted by atomic mass is 32.1. The largest absolute Gasteiger partial charge is 0.369 e. The van der Waals surface area contributed by atoms with Gasteiger partial charge < -0.3 is 15.5 Å². The Labute approximate surface area is 179 Å². The lowest BCUT2D eigenvalue weighted by Gasteiger charge is -2.33. The Balaban J connectivity index is 1.36. The zero-order valence-electron chi connectivity index (χ0n) is 17.0. The number of nitrogens with one attached hydrogen (secondary N) is 2. The highest BCUT2D eigenvalue weighted by Gasteiger charge is 2.24. The molecule has 0 spiro atoms. The second-order valence-corrected chi connectivity index (χ2v) is 8.64. The fourth-order valence-electron chi connectivity index (χ4n) is 4.06. The van der Waals surface area contributed by atoms with Crippen LogP contribution in [0.3, 0.4) is 0 Å². The van der Waals surface area contributed by atoms with Crippen molar-refractivity contribution >= 4 is 39.8 Å². The van der Waals surface area contributed by atoms with E-state index in [1.807, 2.05) is 11.9 Å². The van der Waals surface area contributed by atoms with Crippen molar-refractivity contribution in [2.45, 2.75) is 44.6 Å². The lowest BCUT2D eigenvalue weighted by atomic mass is 9.94. The topological polar surface area (TPSA) is 77.6 Å². The van der Waals surface area contributed by atoms with Crippen LogP contribution in [0.5, 0.6) is 0 Å². The summed E-state index contributed by atoms with van der Waals surface area (Å²) >= 11 is 1.33. The first-order valence-electron chi connectivity index (χ1n) is 10.3. The van der Waals surface area contributed by atoms with Crippen LogP contribution in [-0.4, -0.2) is 43.1 Å². The third kappa shape index (κ3) is 4.56. The van der Waals surface area contributed by atoms with Crippen molar-refractivity contribution in [2.75, 3.05) is 35.3 Å². The van der Waals surface area contributed by atoms with E-state index in [9.17, 15) is 14.0 Å². The van der Waals surface area contributed by atoms with Crippen molar-refractivity contribution in [3.8, 4) is 0 Å². The van der Waals surface area contributed by atoms with Gasteiger partial charge in [0.05, 0.1) is 17.8 Å². The van der Waals surface area contributed by atoms with Gasteiger partial charge in [-0.3, -0.25) is 9.69 Å². The van der Waals surface area contributed by atoms with Gasteiger partial charge >= 0.3 is 6.03 Å². The first kappa shape index (κ1) is 20.6. The Morgan fingerprint density at radius 2 is 2.17 bits per heavy atom. The summed E-state index contributed by atoms with van der Waals surface area (Å²) in [5, 5.41) is 7.81. The van der Waals surface area contributed by atoms with Gasteiger partial charge in [-0.2, -0.15) is 0 Å². The van der Waals surface area contributed by atoms with Crippen LogP contribution in [0.1, 0.15) is 37.8 Å². The van der Waals surface area contributed by atoms with Crippen LogP contribution in [0, 0.1) is 5.82 Å². The predicted octanol–water partition coefficient (Wildman–Crippen LogP) is 3.76. The Bertz CT molecular complexity index is 928. The van der Waals surface area contributed by atoms with Crippen molar-refractivity contribution in [3.05, 3.63) is 35.1 Å². The van der Waals surface area contributed by atoms with Crippen LogP contribution in [0.15, 0.2) is 23.6 Å². The van der Waals surface area contributed by atoms with E-state index in [-0.39, 0.29) is 24.2 Å². The molecule has 2 N–H and O–H groups in total. The Hall–Kier alpha value is -2.68. The fourth-order valence-corrected chi connectivity index (χ4v) is 4.91. The number of urea groups is 1. The molecular weight excluding hydrogens is 405 g/mol. The molecule has 1 aliphatic carbocycles. The molecule has 2 heterocycles. The maximum Gasteiger partial charge on any atom is 0.323 e. The Kier molecular flexibility index (Phi) is 6.17. The molecule has 1 saturated carbocycles. The minimum Gasteiger partial charge on any atom is -0.369 e. The predicted molar refractivity (Wildman–Crippen MR) is 117 cm³/mol. The van der Waals surface area contributed by atoms with Crippen LogP contribution in [0.2, 0.25) is 0 Å². The zero-order valence-corrected chi connectivity index (χ0v) is 17.8. The maximum atomic E-state index is 14.7. The number of rotatable bonds is 6. The molecule has 160 valence electrons. The highest BCUT2D eigenvalue weighted by molar-refractivity contribution is 7.14. The highest BCUT2D eigenvalue weighted by Crippen LogP contribution is 2.29. The third-order valence-corrected chi connectivity index (χ3v) is 6.62. The number of benzene rings is 1. The number of carbonyl (C=O) groups excluding carboxylic acids is 2. The van der Waals surface area contributed by atoms with Crippen molar-refractivity contribution in [1.29, 1.82) is 0 Å². The number of anilines is 3. The van der Waals surface area contributed by atoms with E-state index < -0.39 is 0 Å². The van der Waals surface area contributed by atoms with Gasteiger partial charge in [0, 0.05) is 37.2 Å². The summed E-state index contributed by atoms with van der Waals surface area (Å²) in [5.41, 5.74) is 1.57. The van der Waals surface area contributed by atoms with E-state index in [1.165, 1.54) is 36.7 Å². The van der Waals surface area contributed by atoms with Gasteiger partial charge in [0.25, 0.3) is 0 Å². The molecule has 1 aliphatic heterocycles. The molecule has 0 atom stereocenters. The standard InChI is InChI=1S/C21H26FN5O2S/c1-26(16-5-3-2-4-6-16)18-8-7-14(11-17(18)22)24-19(28)12-15-13-30-21(25-15)27-10-9-23-20(27)29/h7-8,11,13,16H,2-6,9-10,12H2,1H3,(H,23,29)(H,24,28). The third-order valence-electron chi connectivity index (χ3n) is 5.70. The van der Waals surface area contributed by atoms with Crippen LogP contribution >= 0.6 is 11.3 Å². The second kappa shape index (κ2) is 8.99. The second-order valence-electron chi connectivity index (χ2n) is 7.80. The molecule has 1 aromatic carbocycles. The van der Waals surface area contributed by atoms with Crippen LogP contribution in [-0.2, 0) is 11.2 Å². The molecule has 0 unspecified atom stereocenters. The van der Waals surface area contributed by atoms with E-state index in [0.717, 1.165) is 12.8 Å². The molecule has 2 fully saturated rings. The average molecular weight is 432 g/mol. The number of amides is 3. The van der Waals surface area contributed by atoms with Gasteiger partial charge in [0.15, 0.2) is 5.13 Å². The summed E-state index contributed by atoms with van der Waals surface area (Å²) in [6, 6.07) is 5.02. The number of aromatic nitrogens is 1. The first-order valence-corrected chi connectivity index (χ1v) is 11.2. The molecule has 2 aliphatic rings. The fraction of sp³-hybridized carbons (Fsp3) is 0.476. The van der Waals surface area contributed by atoms with E-state index in [0.29, 0.717) is 41.3 Å². The number of nitrogens with zero attached hydrogens (tertiary/aromatic N) is 3. The van der Waals surface area contributed by atoms with Crippen LogP contribution < -0.4 is 20.4 Å². The normalized spacial score (nSPS) is 17.1. The zero-order chi connectivity index (χ0) is 21.1. The summed E-state index contributed by atoms with van der Waals surface area (Å²) in [5.74, 6) is -0.609. The quantitative estimate of drug-likeness (QED) is 0.730. The molecule has 0 bridgehead atoms. The molecule has 1 saturated heterocycles.